The van der Waals surface area contributed by atoms with Gasteiger partial charge in [-0.1, -0.05) is 11.6 Å². The zero-order valence-corrected chi connectivity index (χ0v) is 15.3. The molecule has 0 heterocycles. The number of benzene rings is 1. The molecule has 140 valence electrons. The van der Waals surface area contributed by atoms with Crippen LogP contribution in [0.2, 0.25) is 5.02 Å². The van der Waals surface area contributed by atoms with Gasteiger partial charge in [0, 0.05) is 11.2 Å². The topological polar surface area (TPSA) is 70.7 Å². The van der Waals surface area contributed by atoms with Crippen LogP contribution in [0.25, 0.3) is 0 Å². The van der Waals surface area contributed by atoms with Crippen molar-refractivity contribution in [2.75, 3.05) is 25.5 Å². The lowest BCUT2D eigenvalue weighted by atomic mass is 10.1. The summed E-state index contributed by atoms with van der Waals surface area (Å²) < 4.78 is 28.6. The number of likely N-dealkylation sites (N-methyl/N-ethyl adjacent to an activating group) is 1. The maximum absolute atomic E-state index is 12.2. The van der Waals surface area contributed by atoms with E-state index < -0.39 is 6.61 Å². The minimum absolute atomic E-state index is 0.0233. The van der Waals surface area contributed by atoms with E-state index in [1.165, 1.54) is 18.2 Å². The summed E-state index contributed by atoms with van der Waals surface area (Å²) in [6, 6.07) is 3.95. The Labute approximate surface area is 150 Å². The van der Waals surface area contributed by atoms with E-state index in [0.29, 0.717) is 5.69 Å². The van der Waals surface area contributed by atoms with Crippen molar-refractivity contribution in [3.63, 3.8) is 0 Å². The van der Waals surface area contributed by atoms with Crippen molar-refractivity contribution in [1.29, 1.82) is 0 Å². The summed E-state index contributed by atoms with van der Waals surface area (Å²) in [6.07, 6.45) is 0. The third-order valence-electron chi connectivity index (χ3n) is 2.77. The third-order valence-corrected chi connectivity index (χ3v) is 3.07. The summed E-state index contributed by atoms with van der Waals surface area (Å²) in [7, 11) is 1.63. The first-order valence-corrected chi connectivity index (χ1v) is 7.88. The Hall–Kier alpha value is -1.93. The van der Waals surface area contributed by atoms with Gasteiger partial charge in [-0.25, -0.2) is 0 Å². The molecule has 9 heteroatoms. The van der Waals surface area contributed by atoms with Crippen LogP contribution in [0.3, 0.4) is 0 Å². The molecule has 2 amide bonds. The predicted octanol–water partition coefficient (Wildman–Crippen LogP) is 2.73. The highest BCUT2D eigenvalue weighted by Gasteiger charge is 2.17. The highest BCUT2D eigenvalue weighted by atomic mass is 35.5. The molecule has 0 fully saturated rings. The number of nitrogens with one attached hydrogen (secondary N) is 2. The zero-order valence-electron chi connectivity index (χ0n) is 14.5. The van der Waals surface area contributed by atoms with Gasteiger partial charge in [0.2, 0.25) is 11.8 Å². The van der Waals surface area contributed by atoms with Gasteiger partial charge in [-0.05, 0) is 46.0 Å². The first kappa shape index (κ1) is 21.1. The van der Waals surface area contributed by atoms with Crippen LogP contribution in [-0.2, 0) is 9.59 Å². The Kier molecular flexibility index (Phi) is 7.57. The standard InChI is InChI=1S/C16H22ClF2N3O3/c1-16(2,3)21-14(24)9-22(4)8-13(23)20-10-5-6-12(11(17)7-10)25-15(18)19/h5-7,15H,8-9H2,1-4H3,(H,20,23)(H,21,24). The molecule has 0 atom stereocenters. The van der Waals surface area contributed by atoms with Crippen LogP contribution in [0.5, 0.6) is 5.75 Å². The molecule has 0 aromatic heterocycles. The average Bonchev–Trinajstić information content (AvgIpc) is 2.38. The lowest BCUT2D eigenvalue weighted by molar-refractivity contribution is -0.124. The second kappa shape index (κ2) is 8.96. The molecule has 25 heavy (non-hydrogen) atoms. The number of alkyl halides is 2. The first-order valence-electron chi connectivity index (χ1n) is 7.50. The van der Waals surface area contributed by atoms with Crippen molar-refractivity contribution in [3.8, 4) is 5.75 Å². The fourth-order valence-corrected chi connectivity index (χ4v) is 2.20. The number of hydrogen-bond donors (Lipinski definition) is 2. The maximum Gasteiger partial charge on any atom is 0.387 e. The Bertz CT molecular complexity index is 621. The molecule has 1 rings (SSSR count). The van der Waals surface area contributed by atoms with Gasteiger partial charge in [-0.3, -0.25) is 14.5 Å². The van der Waals surface area contributed by atoms with Crippen molar-refractivity contribution in [2.24, 2.45) is 0 Å². The fraction of sp³-hybridized carbons (Fsp3) is 0.500. The summed E-state index contributed by atoms with van der Waals surface area (Å²) >= 11 is 5.82. The van der Waals surface area contributed by atoms with Gasteiger partial charge in [0.05, 0.1) is 18.1 Å². The molecular weight excluding hydrogens is 356 g/mol. The summed E-state index contributed by atoms with van der Waals surface area (Å²) in [5, 5.41) is 5.33. The molecule has 0 bridgehead atoms. The number of amides is 2. The van der Waals surface area contributed by atoms with E-state index in [4.69, 9.17) is 11.6 Å². The minimum Gasteiger partial charge on any atom is -0.433 e. The van der Waals surface area contributed by atoms with E-state index in [9.17, 15) is 18.4 Å². The Balaban J connectivity index is 2.53. The number of anilines is 1. The molecule has 0 aliphatic rings. The number of hydrogen-bond acceptors (Lipinski definition) is 4. The van der Waals surface area contributed by atoms with E-state index in [1.807, 2.05) is 20.8 Å². The highest BCUT2D eigenvalue weighted by Crippen LogP contribution is 2.28. The van der Waals surface area contributed by atoms with Crippen molar-refractivity contribution >= 4 is 29.1 Å². The molecule has 0 aliphatic heterocycles. The van der Waals surface area contributed by atoms with Gasteiger partial charge in [-0.15, -0.1) is 0 Å². The predicted molar refractivity (Wildman–Crippen MR) is 92.1 cm³/mol. The molecule has 1 aromatic rings. The van der Waals surface area contributed by atoms with E-state index in [-0.39, 0.29) is 41.2 Å². The van der Waals surface area contributed by atoms with Crippen LogP contribution in [0, 0.1) is 0 Å². The van der Waals surface area contributed by atoms with Crippen LogP contribution >= 0.6 is 11.6 Å². The summed E-state index contributed by atoms with van der Waals surface area (Å²) in [5.41, 5.74) is -0.0111. The molecule has 0 unspecified atom stereocenters. The summed E-state index contributed by atoms with van der Waals surface area (Å²) in [4.78, 5) is 25.3. The Morgan fingerprint density at radius 2 is 1.84 bits per heavy atom. The second-order valence-electron chi connectivity index (χ2n) is 6.54. The minimum atomic E-state index is -2.98. The van der Waals surface area contributed by atoms with E-state index in [1.54, 1.807) is 11.9 Å². The molecular formula is C16H22ClF2N3O3. The molecule has 0 aliphatic carbocycles. The molecule has 0 radical (unpaired) electrons. The van der Waals surface area contributed by atoms with Crippen LogP contribution in [0.1, 0.15) is 20.8 Å². The molecule has 0 saturated heterocycles. The van der Waals surface area contributed by atoms with Gasteiger partial charge in [0.1, 0.15) is 5.75 Å². The van der Waals surface area contributed by atoms with Crippen LogP contribution < -0.4 is 15.4 Å². The summed E-state index contributed by atoms with van der Waals surface area (Å²) in [5.74, 6) is -0.741. The third kappa shape index (κ3) is 8.64. The Morgan fingerprint density at radius 1 is 1.24 bits per heavy atom. The van der Waals surface area contributed by atoms with Gasteiger partial charge in [0.15, 0.2) is 0 Å². The molecule has 0 saturated carbocycles. The first-order chi connectivity index (χ1) is 11.5. The normalized spacial score (nSPS) is 11.6. The number of carbonyl (C=O) groups excluding carboxylic acids is 2. The number of halogens is 3. The molecule has 0 spiro atoms. The highest BCUT2D eigenvalue weighted by molar-refractivity contribution is 6.32. The number of rotatable bonds is 7. The maximum atomic E-state index is 12.2. The van der Waals surface area contributed by atoms with Gasteiger partial charge < -0.3 is 15.4 Å². The average molecular weight is 378 g/mol. The van der Waals surface area contributed by atoms with Crippen molar-refractivity contribution in [1.82, 2.24) is 10.2 Å². The molecule has 1 aromatic carbocycles. The Morgan fingerprint density at radius 3 is 2.36 bits per heavy atom. The van der Waals surface area contributed by atoms with Crippen molar-refractivity contribution in [3.05, 3.63) is 23.2 Å². The van der Waals surface area contributed by atoms with Crippen molar-refractivity contribution < 1.29 is 23.1 Å². The van der Waals surface area contributed by atoms with E-state index >= 15 is 0 Å². The lowest BCUT2D eigenvalue weighted by Crippen LogP contribution is -2.46. The summed E-state index contributed by atoms with van der Waals surface area (Å²) in [6.45, 7) is 2.65. The smallest absolute Gasteiger partial charge is 0.387 e. The van der Waals surface area contributed by atoms with Gasteiger partial charge in [-0.2, -0.15) is 8.78 Å². The zero-order chi connectivity index (χ0) is 19.2. The largest absolute Gasteiger partial charge is 0.433 e. The number of nitrogens with zero attached hydrogens (tertiary/aromatic N) is 1. The monoisotopic (exact) mass is 377 g/mol. The van der Waals surface area contributed by atoms with Crippen LogP contribution in [-0.4, -0.2) is 49.0 Å². The molecule has 6 nitrogen and oxygen atoms in total. The van der Waals surface area contributed by atoms with E-state index in [0.717, 1.165) is 0 Å². The molecule has 2 N–H and O–H groups in total. The van der Waals surface area contributed by atoms with Gasteiger partial charge >= 0.3 is 6.61 Å². The van der Waals surface area contributed by atoms with Crippen LogP contribution in [0.4, 0.5) is 14.5 Å². The number of carbonyl (C=O) groups is 2. The van der Waals surface area contributed by atoms with E-state index in [2.05, 4.69) is 15.4 Å². The van der Waals surface area contributed by atoms with Gasteiger partial charge in [0.25, 0.3) is 0 Å². The van der Waals surface area contributed by atoms with Crippen LogP contribution in [0.15, 0.2) is 18.2 Å². The quantitative estimate of drug-likeness (QED) is 0.766. The second-order valence-corrected chi connectivity index (χ2v) is 6.95. The number of ether oxygens (including phenoxy) is 1. The lowest BCUT2D eigenvalue weighted by Gasteiger charge is -2.23. The fourth-order valence-electron chi connectivity index (χ4n) is 1.97. The SMILES string of the molecule is CN(CC(=O)Nc1ccc(OC(F)F)c(Cl)c1)CC(=O)NC(C)(C)C. The van der Waals surface area contributed by atoms with Crippen molar-refractivity contribution in [2.45, 2.75) is 32.9 Å².